The predicted octanol–water partition coefficient (Wildman–Crippen LogP) is 1.25. The van der Waals surface area contributed by atoms with E-state index < -0.39 is 0 Å². The number of nitrogens with one attached hydrogen (secondary N) is 1. The number of hydrogen-bond acceptors (Lipinski definition) is 5. The molecule has 4 rings (SSSR count). The van der Waals surface area contributed by atoms with Gasteiger partial charge in [-0.05, 0) is 39.2 Å². The second-order valence-electron chi connectivity index (χ2n) is 8.27. The summed E-state index contributed by atoms with van der Waals surface area (Å²) in [5, 5.41) is 0. The molecule has 1 N–H and O–H groups in total. The van der Waals surface area contributed by atoms with Crippen molar-refractivity contribution in [2.75, 3.05) is 52.5 Å². The van der Waals surface area contributed by atoms with Gasteiger partial charge in [0.25, 0.3) is 0 Å². The van der Waals surface area contributed by atoms with Crippen molar-refractivity contribution in [3.63, 3.8) is 0 Å². The Hall–Kier alpha value is -1.44. The van der Waals surface area contributed by atoms with Gasteiger partial charge in [-0.1, -0.05) is 0 Å². The SMILES string of the molecule is Cc1ncc(CN2CCC(N3CCCC(C(=O)N4CCOCC4)C3)CC2)[nH]1. The van der Waals surface area contributed by atoms with Gasteiger partial charge in [-0.25, -0.2) is 4.98 Å². The smallest absolute Gasteiger partial charge is 0.227 e. The summed E-state index contributed by atoms with van der Waals surface area (Å²) in [6.07, 6.45) is 6.55. The van der Waals surface area contributed by atoms with Gasteiger partial charge in [0, 0.05) is 57.2 Å². The van der Waals surface area contributed by atoms with Gasteiger partial charge in [-0.3, -0.25) is 14.6 Å². The number of nitrogens with zero attached hydrogens (tertiary/aromatic N) is 4. The quantitative estimate of drug-likeness (QED) is 0.858. The van der Waals surface area contributed by atoms with Crippen molar-refractivity contribution in [2.24, 2.45) is 5.92 Å². The Morgan fingerprint density at radius 1 is 1.19 bits per heavy atom. The molecule has 1 aromatic rings. The molecule has 27 heavy (non-hydrogen) atoms. The average Bonchev–Trinajstić information content (AvgIpc) is 3.13. The zero-order valence-electron chi connectivity index (χ0n) is 16.5. The van der Waals surface area contributed by atoms with E-state index in [9.17, 15) is 4.79 Å². The van der Waals surface area contributed by atoms with Crippen LogP contribution in [-0.2, 0) is 16.1 Å². The number of carbonyl (C=O) groups excluding carboxylic acids is 1. The van der Waals surface area contributed by atoms with E-state index in [4.69, 9.17) is 4.74 Å². The van der Waals surface area contributed by atoms with Crippen LogP contribution in [0.25, 0.3) is 0 Å². The first-order valence-electron chi connectivity index (χ1n) is 10.5. The Labute approximate surface area is 162 Å². The molecule has 4 heterocycles. The van der Waals surface area contributed by atoms with E-state index in [-0.39, 0.29) is 5.92 Å². The Bertz CT molecular complexity index is 620. The number of piperidine rings is 2. The molecule has 0 spiro atoms. The molecule has 1 unspecified atom stereocenters. The zero-order valence-corrected chi connectivity index (χ0v) is 16.5. The number of imidazole rings is 1. The van der Waals surface area contributed by atoms with E-state index in [0.29, 0.717) is 25.2 Å². The number of aryl methyl sites for hydroxylation is 1. The molecule has 7 heteroatoms. The highest BCUT2D eigenvalue weighted by atomic mass is 16.5. The minimum absolute atomic E-state index is 0.183. The summed E-state index contributed by atoms with van der Waals surface area (Å²) in [5.74, 6) is 1.53. The summed E-state index contributed by atoms with van der Waals surface area (Å²) in [4.78, 5) is 27.6. The van der Waals surface area contributed by atoms with Crippen LogP contribution in [0.2, 0.25) is 0 Å². The minimum Gasteiger partial charge on any atom is -0.378 e. The lowest BCUT2D eigenvalue weighted by molar-refractivity contribution is -0.142. The predicted molar refractivity (Wildman–Crippen MR) is 103 cm³/mol. The van der Waals surface area contributed by atoms with Crippen LogP contribution in [0.15, 0.2) is 6.20 Å². The van der Waals surface area contributed by atoms with Crippen LogP contribution >= 0.6 is 0 Å². The third-order valence-electron chi connectivity index (χ3n) is 6.35. The maximum absolute atomic E-state index is 12.9. The number of hydrogen-bond donors (Lipinski definition) is 1. The maximum Gasteiger partial charge on any atom is 0.227 e. The Morgan fingerprint density at radius 3 is 2.67 bits per heavy atom. The lowest BCUT2D eigenvalue weighted by Gasteiger charge is -2.43. The fourth-order valence-electron chi connectivity index (χ4n) is 4.82. The number of amides is 1. The van der Waals surface area contributed by atoms with Gasteiger partial charge in [0.2, 0.25) is 5.91 Å². The highest BCUT2D eigenvalue weighted by Gasteiger charge is 2.33. The minimum atomic E-state index is 0.183. The normalized spacial score (nSPS) is 26.4. The summed E-state index contributed by atoms with van der Waals surface area (Å²) in [6.45, 7) is 10.2. The second kappa shape index (κ2) is 8.71. The molecule has 150 valence electrons. The molecular formula is C20H33N5O2. The first-order valence-corrected chi connectivity index (χ1v) is 10.5. The van der Waals surface area contributed by atoms with Gasteiger partial charge in [-0.15, -0.1) is 0 Å². The monoisotopic (exact) mass is 375 g/mol. The van der Waals surface area contributed by atoms with Crippen molar-refractivity contribution in [1.29, 1.82) is 0 Å². The molecule has 3 aliphatic rings. The molecule has 1 amide bonds. The van der Waals surface area contributed by atoms with Crippen LogP contribution in [0, 0.1) is 12.8 Å². The summed E-state index contributed by atoms with van der Waals surface area (Å²) in [5.41, 5.74) is 1.21. The van der Waals surface area contributed by atoms with Crippen LogP contribution < -0.4 is 0 Å². The molecule has 0 aliphatic carbocycles. The Kier molecular flexibility index (Phi) is 6.10. The van der Waals surface area contributed by atoms with Gasteiger partial charge in [0.05, 0.1) is 19.1 Å². The molecule has 0 radical (unpaired) electrons. The number of aromatic amines is 1. The van der Waals surface area contributed by atoms with Crippen LogP contribution in [-0.4, -0.2) is 89.1 Å². The van der Waals surface area contributed by atoms with Crippen molar-refractivity contribution < 1.29 is 9.53 Å². The Morgan fingerprint density at radius 2 is 1.96 bits per heavy atom. The molecule has 3 aliphatic heterocycles. The van der Waals surface area contributed by atoms with E-state index in [2.05, 4.69) is 19.8 Å². The van der Waals surface area contributed by atoms with Gasteiger partial charge >= 0.3 is 0 Å². The van der Waals surface area contributed by atoms with Crippen molar-refractivity contribution in [3.8, 4) is 0 Å². The molecule has 0 aromatic carbocycles. The number of morpholine rings is 1. The number of aromatic nitrogens is 2. The first kappa shape index (κ1) is 18.9. The standard InChI is InChI=1S/C20H33N5O2/c1-16-21-13-18(22-16)15-23-7-4-19(5-8-23)25-6-2-3-17(14-25)20(26)24-9-11-27-12-10-24/h13,17,19H,2-12,14-15H2,1H3,(H,21,22). The van der Waals surface area contributed by atoms with Crippen molar-refractivity contribution in [1.82, 2.24) is 24.7 Å². The van der Waals surface area contributed by atoms with Gasteiger partial charge in [0.15, 0.2) is 0 Å². The van der Waals surface area contributed by atoms with Crippen LogP contribution in [0.4, 0.5) is 0 Å². The second-order valence-corrected chi connectivity index (χ2v) is 8.27. The highest BCUT2D eigenvalue weighted by Crippen LogP contribution is 2.25. The lowest BCUT2D eigenvalue weighted by Crippen LogP contribution is -2.52. The maximum atomic E-state index is 12.9. The molecule has 0 bridgehead atoms. The molecule has 3 saturated heterocycles. The average molecular weight is 376 g/mol. The highest BCUT2D eigenvalue weighted by molar-refractivity contribution is 5.79. The van der Waals surface area contributed by atoms with Gasteiger partial charge < -0.3 is 14.6 Å². The van der Waals surface area contributed by atoms with Crippen molar-refractivity contribution >= 4 is 5.91 Å². The molecule has 7 nitrogen and oxygen atoms in total. The Balaban J connectivity index is 1.26. The lowest BCUT2D eigenvalue weighted by atomic mass is 9.92. The number of carbonyl (C=O) groups is 1. The van der Waals surface area contributed by atoms with Gasteiger partial charge in [0.1, 0.15) is 5.82 Å². The molecule has 1 aromatic heterocycles. The molecule has 3 fully saturated rings. The molecular weight excluding hydrogens is 342 g/mol. The number of likely N-dealkylation sites (tertiary alicyclic amines) is 2. The summed E-state index contributed by atoms with van der Waals surface area (Å²) in [7, 11) is 0. The third kappa shape index (κ3) is 4.70. The third-order valence-corrected chi connectivity index (χ3v) is 6.35. The summed E-state index contributed by atoms with van der Waals surface area (Å²) < 4.78 is 5.39. The van der Waals surface area contributed by atoms with Crippen LogP contribution in [0.1, 0.15) is 37.2 Å². The van der Waals surface area contributed by atoms with E-state index in [0.717, 1.165) is 64.5 Å². The number of H-pyrrole nitrogens is 1. The number of ether oxygens (including phenoxy) is 1. The van der Waals surface area contributed by atoms with Crippen molar-refractivity contribution in [3.05, 3.63) is 17.7 Å². The molecule has 0 saturated carbocycles. The largest absolute Gasteiger partial charge is 0.378 e. The van der Waals surface area contributed by atoms with Crippen molar-refractivity contribution in [2.45, 2.75) is 45.2 Å². The van der Waals surface area contributed by atoms with E-state index in [1.54, 1.807) is 0 Å². The number of rotatable bonds is 4. The zero-order chi connectivity index (χ0) is 18.6. The first-order chi connectivity index (χ1) is 13.2. The summed E-state index contributed by atoms with van der Waals surface area (Å²) in [6, 6.07) is 0.630. The summed E-state index contributed by atoms with van der Waals surface area (Å²) >= 11 is 0. The van der Waals surface area contributed by atoms with E-state index >= 15 is 0 Å². The van der Waals surface area contributed by atoms with Gasteiger partial charge in [-0.2, -0.15) is 0 Å². The van der Waals surface area contributed by atoms with Crippen LogP contribution in [0.5, 0.6) is 0 Å². The fraction of sp³-hybridized carbons (Fsp3) is 0.800. The van der Waals surface area contributed by atoms with E-state index in [1.807, 2.05) is 18.0 Å². The van der Waals surface area contributed by atoms with E-state index in [1.165, 1.54) is 18.5 Å². The van der Waals surface area contributed by atoms with Crippen LogP contribution in [0.3, 0.4) is 0 Å². The topological polar surface area (TPSA) is 64.7 Å². The molecule has 1 atom stereocenters. The fourth-order valence-corrected chi connectivity index (χ4v) is 4.82.